The first-order chi connectivity index (χ1) is 8.15. The van der Waals surface area contributed by atoms with Crippen molar-refractivity contribution in [3.63, 3.8) is 0 Å². The molecule has 2 rings (SSSR count). The van der Waals surface area contributed by atoms with Gasteiger partial charge in [0.25, 0.3) is 0 Å². The number of nitrogens with one attached hydrogen (secondary N) is 1. The van der Waals surface area contributed by atoms with Crippen LogP contribution in [-0.2, 0) is 0 Å². The van der Waals surface area contributed by atoms with Crippen LogP contribution in [0.1, 0.15) is 36.8 Å². The van der Waals surface area contributed by atoms with Crippen LogP contribution >= 0.6 is 0 Å². The van der Waals surface area contributed by atoms with E-state index in [2.05, 4.69) is 37.4 Å². The Bertz CT molecular complexity index is 367. The smallest absolute Gasteiger partial charge is 0.0540 e. The summed E-state index contributed by atoms with van der Waals surface area (Å²) in [5, 5.41) is 13.0. The summed E-state index contributed by atoms with van der Waals surface area (Å²) < 4.78 is 0. The number of rotatable bonds is 3. The second-order valence-corrected chi connectivity index (χ2v) is 5.37. The second kappa shape index (κ2) is 5.54. The SMILES string of the molecule is Cc1ccc(C)c(NCC2CCC(O)CC2)c1. The molecule has 2 N–H and O–H groups in total. The zero-order valence-electron chi connectivity index (χ0n) is 10.9. The molecule has 0 amide bonds. The lowest BCUT2D eigenvalue weighted by Crippen LogP contribution is -2.23. The van der Waals surface area contributed by atoms with Crippen molar-refractivity contribution < 1.29 is 5.11 Å². The van der Waals surface area contributed by atoms with E-state index in [1.807, 2.05) is 0 Å². The van der Waals surface area contributed by atoms with Crippen LogP contribution in [0.25, 0.3) is 0 Å². The van der Waals surface area contributed by atoms with Crippen molar-refractivity contribution in [2.75, 3.05) is 11.9 Å². The summed E-state index contributed by atoms with van der Waals surface area (Å²) in [6.07, 6.45) is 4.20. The Morgan fingerprint density at radius 3 is 2.59 bits per heavy atom. The molecule has 0 radical (unpaired) electrons. The zero-order valence-corrected chi connectivity index (χ0v) is 10.9. The van der Waals surface area contributed by atoms with Crippen LogP contribution in [0, 0.1) is 19.8 Å². The van der Waals surface area contributed by atoms with Crippen molar-refractivity contribution in [1.29, 1.82) is 0 Å². The molecule has 1 aliphatic carbocycles. The maximum absolute atomic E-state index is 9.47. The van der Waals surface area contributed by atoms with Gasteiger partial charge in [-0.1, -0.05) is 12.1 Å². The molecule has 1 saturated carbocycles. The molecule has 17 heavy (non-hydrogen) atoms. The molecule has 0 aliphatic heterocycles. The lowest BCUT2D eigenvalue weighted by molar-refractivity contribution is 0.111. The monoisotopic (exact) mass is 233 g/mol. The summed E-state index contributed by atoms with van der Waals surface area (Å²) in [4.78, 5) is 0. The predicted molar refractivity (Wildman–Crippen MR) is 72.4 cm³/mol. The van der Waals surface area contributed by atoms with E-state index in [1.165, 1.54) is 16.8 Å². The first-order valence-electron chi connectivity index (χ1n) is 6.64. The van der Waals surface area contributed by atoms with E-state index >= 15 is 0 Å². The number of anilines is 1. The summed E-state index contributed by atoms with van der Waals surface area (Å²) in [6.45, 7) is 5.31. The van der Waals surface area contributed by atoms with E-state index in [-0.39, 0.29) is 6.10 Å². The van der Waals surface area contributed by atoms with Crippen LogP contribution in [0.5, 0.6) is 0 Å². The van der Waals surface area contributed by atoms with Gasteiger partial charge in [0, 0.05) is 12.2 Å². The Morgan fingerprint density at radius 2 is 1.88 bits per heavy atom. The highest BCUT2D eigenvalue weighted by Gasteiger charge is 2.18. The minimum atomic E-state index is -0.0491. The van der Waals surface area contributed by atoms with Gasteiger partial charge in [0.15, 0.2) is 0 Å². The number of hydrogen-bond donors (Lipinski definition) is 2. The van der Waals surface area contributed by atoms with Gasteiger partial charge < -0.3 is 10.4 Å². The largest absolute Gasteiger partial charge is 0.393 e. The molecule has 0 atom stereocenters. The normalized spacial score (nSPS) is 24.6. The third-order valence-electron chi connectivity index (χ3n) is 3.79. The molecule has 94 valence electrons. The fourth-order valence-electron chi connectivity index (χ4n) is 2.53. The van der Waals surface area contributed by atoms with Gasteiger partial charge in [-0.25, -0.2) is 0 Å². The van der Waals surface area contributed by atoms with Gasteiger partial charge in [-0.15, -0.1) is 0 Å². The van der Waals surface area contributed by atoms with Gasteiger partial charge in [0.2, 0.25) is 0 Å². The van der Waals surface area contributed by atoms with Gasteiger partial charge in [0.1, 0.15) is 0 Å². The average Bonchev–Trinajstić information content (AvgIpc) is 2.32. The second-order valence-electron chi connectivity index (χ2n) is 5.37. The molecule has 0 heterocycles. The van der Waals surface area contributed by atoms with E-state index in [4.69, 9.17) is 0 Å². The number of benzene rings is 1. The van der Waals surface area contributed by atoms with Crippen LogP contribution in [0.3, 0.4) is 0 Å². The average molecular weight is 233 g/mol. The third kappa shape index (κ3) is 3.47. The highest BCUT2D eigenvalue weighted by molar-refractivity contribution is 5.52. The van der Waals surface area contributed by atoms with E-state index in [9.17, 15) is 5.11 Å². The maximum Gasteiger partial charge on any atom is 0.0540 e. The van der Waals surface area contributed by atoms with Crippen LogP contribution in [0.2, 0.25) is 0 Å². The third-order valence-corrected chi connectivity index (χ3v) is 3.79. The highest BCUT2D eigenvalue weighted by atomic mass is 16.3. The lowest BCUT2D eigenvalue weighted by atomic mass is 9.87. The molecular weight excluding hydrogens is 210 g/mol. The first kappa shape index (κ1) is 12.4. The Balaban J connectivity index is 1.87. The number of hydrogen-bond acceptors (Lipinski definition) is 2. The van der Waals surface area contributed by atoms with Crippen molar-refractivity contribution in [2.24, 2.45) is 5.92 Å². The molecule has 0 saturated heterocycles. The van der Waals surface area contributed by atoms with Gasteiger partial charge in [-0.3, -0.25) is 0 Å². The minimum absolute atomic E-state index is 0.0491. The lowest BCUT2D eigenvalue weighted by Gasteiger charge is -2.26. The van der Waals surface area contributed by atoms with Crippen molar-refractivity contribution in [2.45, 2.75) is 45.6 Å². The van der Waals surface area contributed by atoms with Gasteiger partial charge in [-0.2, -0.15) is 0 Å². The number of aliphatic hydroxyl groups is 1. The molecule has 1 aliphatic rings. The standard InChI is InChI=1S/C15H23NO/c1-11-3-4-12(2)15(9-11)16-10-13-5-7-14(17)8-6-13/h3-4,9,13-14,16-17H,5-8,10H2,1-2H3. The van der Waals surface area contributed by atoms with Crippen molar-refractivity contribution in [1.82, 2.24) is 0 Å². The predicted octanol–water partition coefficient (Wildman–Crippen LogP) is 3.27. The highest BCUT2D eigenvalue weighted by Crippen LogP contribution is 2.25. The van der Waals surface area contributed by atoms with Crippen LogP contribution in [0.4, 0.5) is 5.69 Å². The Kier molecular flexibility index (Phi) is 4.06. The Morgan fingerprint density at radius 1 is 1.18 bits per heavy atom. The van der Waals surface area contributed by atoms with Crippen molar-refractivity contribution in [3.8, 4) is 0 Å². The minimum Gasteiger partial charge on any atom is -0.393 e. The topological polar surface area (TPSA) is 32.3 Å². The molecule has 2 heteroatoms. The molecule has 2 nitrogen and oxygen atoms in total. The van der Waals surface area contributed by atoms with E-state index in [0.29, 0.717) is 0 Å². The van der Waals surface area contributed by atoms with Crippen LogP contribution in [-0.4, -0.2) is 17.8 Å². The summed E-state index contributed by atoms with van der Waals surface area (Å²) >= 11 is 0. The fraction of sp³-hybridized carbons (Fsp3) is 0.600. The number of aryl methyl sites for hydroxylation is 2. The van der Waals surface area contributed by atoms with E-state index in [1.54, 1.807) is 0 Å². The molecule has 0 spiro atoms. The van der Waals surface area contributed by atoms with E-state index < -0.39 is 0 Å². The fourth-order valence-corrected chi connectivity index (χ4v) is 2.53. The molecule has 1 aromatic rings. The molecule has 0 aromatic heterocycles. The summed E-state index contributed by atoms with van der Waals surface area (Å²) in [5.41, 5.74) is 3.87. The molecule has 0 unspecified atom stereocenters. The van der Waals surface area contributed by atoms with Gasteiger partial charge >= 0.3 is 0 Å². The molecular formula is C15H23NO. The maximum atomic E-state index is 9.47. The quantitative estimate of drug-likeness (QED) is 0.840. The molecule has 0 bridgehead atoms. The molecule has 1 fully saturated rings. The van der Waals surface area contributed by atoms with Crippen molar-refractivity contribution >= 4 is 5.69 Å². The Hall–Kier alpha value is -1.02. The van der Waals surface area contributed by atoms with Crippen LogP contribution in [0.15, 0.2) is 18.2 Å². The first-order valence-corrected chi connectivity index (χ1v) is 6.64. The zero-order chi connectivity index (χ0) is 12.3. The summed E-state index contributed by atoms with van der Waals surface area (Å²) in [7, 11) is 0. The number of aliphatic hydroxyl groups excluding tert-OH is 1. The van der Waals surface area contributed by atoms with Crippen LogP contribution < -0.4 is 5.32 Å². The van der Waals surface area contributed by atoms with E-state index in [0.717, 1.165) is 38.1 Å². The molecule has 1 aromatic carbocycles. The van der Waals surface area contributed by atoms with Gasteiger partial charge in [0.05, 0.1) is 6.10 Å². The van der Waals surface area contributed by atoms with Gasteiger partial charge in [-0.05, 0) is 62.6 Å². The Labute approximate surface area is 104 Å². The summed E-state index contributed by atoms with van der Waals surface area (Å²) in [6, 6.07) is 6.53. The van der Waals surface area contributed by atoms with Crippen molar-refractivity contribution in [3.05, 3.63) is 29.3 Å². The summed E-state index contributed by atoms with van der Waals surface area (Å²) in [5.74, 6) is 0.721.